The number of unbranched alkanes of at least 4 members (excludes halogenated alkanes) is 5. The maximum atomic E-state index is 5.30. The largest absolute Gasteiger partial charge is 0.497 e. The van der Waals surface area contributed by atoms with Crippen molar-refractivity contribution in [3.63, 3.8) is 0 Å². The second kappa shape index (κ2) is 9.02. The van der Waals surface area contributed by atoms with Gasteiger partial charge in [0.1, 0.15) is 12.3 Å². The van der Waals surface area contributed by atoms with Crippen LogP contribution in [0.15, 0.2) is 24.3 Å². The monoisotopic (exact) mass is 278 g/mol. The van der Waals surface area contributed by atoms with Crippen LogP contribution in [-0.2, 0) is 6.54 Å². The minimum absolute atomic E-state index is 0.960. The van der Waals surface area contributed by atoms with Crippen LogP contribution in [0.5, 0.6) is 5.75 Å². The summed E-state index contributed by atoms with van der Waals surface area (Å²) in [5.74, 6) is 0.960. The van der Waals surface area contributed by atoms with Gasteiger partial charge >= 0.3 is 0 Å². The highest BCUT2D eigenvalue weighted by Gasteiger charge is 2.15. The van der Waals surface area contributed by atoms with Crippen molar-refractivity contribution in [3.05, 3.63) is 29.8 Å². The van der Waals surface area contributed by atoms with Crippen LogP contribution in [0.2, 0.25) is 0 Å². The molecule has 0 fully saturated rings. The van der Waals surface area contributed by atoms with E-state index in [0.717, 1.165) is 16.8 Å². The molecule has 0 atom stereocenters. The highest BCUT2D eigenvalue weighted by Crippen LogP contribution is 2.17. The van der Waals surface area contributed by atoms with Crippen LogP contribution >= 0.6 is 0 Å². The average Bonchev–Trinajstić information content (AvgIpc) is 2.42. The van der Waals surface area contributed by atoms with Gasteiger partial charge in [-0.15, -0.1) is 0 Å². The van der Waals surface area contributed by atoms with E-state index >= 15 is 0 Å². The predicted molar refractivity (Wildman–Crippen MR) is 87.0 cm³/mol. The van der Waals surface area contributed by atoms with Crippen molar-refractivity contribution in [1.82, 2.24) is 0 Å². The van der Waals surface area contributed by atoms with Crippen molar-refractivity contribution in [2.24, 2.45) is 0 Å². The van der Waals surface area contributed by atoms with Gasteiger partial charge in [-0.2, -0.15) is 0 Å². The summed E-state index contributed by atoms with van der Waals surface area (Å²) in [7, 11) is 6.38. The van der Waals surface area contributed by atoms with Crippen LogP contribution in [0.4, 0.5) is 0 Å². The maximum Gasteiger partial charge on any atom is 0.119 e. The molecular formula is C18H32NO+. The molecule has 2 heteroatoms. The van der Waals surface area contributed by atoms with Gasteiger partial charge in [0.2, 0.25) is 0 Å². The highest BCUT2D eigenvalue weighted by molar-refractivity contribution is 5.27. The molecule has 1 aromatic carbocycles. The van der Waals surface area contributed by atoms with Gasteiger partial charge in [0.05, 0.1) is 27.7 Å². The van der Waals surface area contributed by atoms with Gasteiger partial charge in [-0.1, -0.05) is 44.7 Å². The lowest BCUT2D eigenvalue weighted by molar-refractivity contribution is -0.903. The van der Waals surface area contributed by atoms with Crippen LogP contribution in [0.25, 0.3) is 0 Å². The van der Waals surface area contributed by atoms with E-state index in [1.54, 1.807) is 7.11 Å². The van der Waals surface area contributed by atoms with Gasteiger partial charge in [-0.3, -0.25) is 0 Å². The molecule has 0 unspecified atom stereocenters. The zero-order chi connectivity index (χ0) is 14.8. The Kier molecular flexibility index (Phi) is 7.68. The van der Waals surface area contributed by atoms with E-state index in [1.807, 2.05) is 6.07 Å². The molecule has 114 valence electrons. The summed E-state index contributed by atoms with van der Waals surface area (Å²) >= 11 is 0. The van der Waals surface area contributed by atoms with Crippen LogP contribution in [-0.4, -0.2) is 32.2 Å². The van der Waals surface area contributed by atoms with Crippen LogP contribution in [0.3, 0.4) is 0 Å². The maximum absolute atomic E-state index is 5.30. The van der Waals surface area contributed by atoms with Crippen molar-refractivity contribution in [2.45, 2.75) is 52.0 Å². The lowest BCUT2D eigenvalue weighted by Crippen LogP contribution is -2.39. The molecule has 0 saturated heterocycles. The summed E-state index contributed by atoms with van der Waals surface area (Å²) in [6.07, 6.45) is 8.23. The Hall–Kier alpha value is -1.02. The average molecular weight is 278 g/mol. The minimum Gasteiger partial charge on any atom is -0.497 e. The summed E-state index contributed by atoms with van der Waals surface area (Å²) in [6.45, 7) is 4.60. The lowest BCUT2D eigenvalue weighted by atomic mass is 10.1. The summed E-state index contributed by atoms with van der Waals surface area (Å²) in [5.41, 5.74) is 1.36. The van der Waals surface area contributed by atoms with E-state index in [1.165, 1.54) is 50.6 Å². The third-order valence-corrected chi connectivity index (χ3v) is 3.86. The van der Waals surface area contributed by atoms with Gasteiger partial charge in [0, 0.05) is 5.56 Å². The summed E-state index contributed by atoms with van der Waals surface area (Å²) in [4.78, 5) is 0. The summed E-state index contributed by atoms with van der Waals surface area (Å²) in [6, 6.07) is 8.45. The first-order valence-corrected chi connectivity index (χ1v) is 8.02. The van der Waals surface area contributed by atoms with E-state index in [-0.39, 0.29) is 0 Å². The Balaban J connectivity index is 2.32. The topological polar surface area (TPSA) is 9.23 Å². The SMILES string of the molecule is CCCCCCCC[N+](C)(C)Cc1cccc(OC)c1. The Labute approximate surface area is 125 Å². The van der Waals surface area contributed by atoms with E-state index < -0.39 is 0 Å². The Morgan fingerprint density at radius 1 is 1.00 bits per heavy atom. The highest BCUT2D eigenvalue weighted by atomic mass is 16.5. The van der Waals surface area contributed by atoms with Gasteiger partial charge in [0.15, 0.2) is 0 Å². The minimum atomic E-state index is 0.960. The number of benzene rings is 1. The Morgan fingerprint density at radius 3 is 2.40 bits per heavy atom. The molecule has 2 nitrogen and oxygen atoms in total. The first-order valence-electron chi connectivity index (χ1n) is 8.02. The second-order valence-electron chi connectivity index (χ2n) is 6.44. The van der Waals surface area contributed by atoms with Crippen LogP contribution in [0, 0.1) is 0 Å². The number of ether oxygens (including phenoxy) is 1. The summed E-state index contributed by atoms with van der Waals surface area (Å²) in [5, 5.41) is 0. The van der Waals surface area contributed by atoms with E-state index in [4.69, 9.17) is 4.74 Å². The zero-order valence-corrected chi connectivity index (χ0v) is 13.8. The zero-order valence-electron chi connectivity index (χ0n) is 13.8. The molecular weight excluding hydrogens is 246 g/mol. The predicted octanol–water partition coefficient (Wildman–Crippen LogP) is 4.63. The van der Waals surface area contributed by atoms with Crippen molar-refractivity contribution in [3.8, 4) is 5.75 Å². The quantitative estimate of drug-likeness (QED) is 0.448. The van der Waals surface area contributed by atoms with Gasteiger partial charge in [0.25, 0.3) is 0 Å². The number of rotatable bonds is 10. The van der Waals surface area contributed by atoms with Crippen molar-refractivity contribution >= 4 is 0 Å². The van der Waals surface area contributed by atoms with Crippen molar-refractivity contribution in [1.29, 1.82) is 0 Å². The number of methoxy groups -OCH3 is 1. The molecule has 0 bridgehead atoms. The molecule has 1 aromatic rings. The van der Waals surface area contributed by atoms with E-state index in [9.17, 15) is 0 Å². The Morgan fingerprint density at radius 2 is 1.70 bits per heavy atom. The number of hydrogen-bond acceptors (Lipinski definition) is 1. The van der Waals surface area contributed by atoms with Crippen LogP contribution < -0.4 is 4.74 Å². The number of nitrogens with zero attached hydrogens (tertiary/aromatic N) is 1. The van der Waals surface area contributed by atoms with E-state index in [0.29, 0.717) is 0 Å². The van der Waals surface area contributed by atoms with Gasteiger partial charge in [-0.05, 0) is 25.0 Å². The van der Waals surface area contributed by atoms with Crippen molar-refractivity contribution in [2.75, 3.05) is 27.7 Å². The molecule has 0 aromatic heterocycles. The summed E-state index contributed by atoms with van der Waals surface area (Å²) < 4.78 is 6.35. The molecule has 20 heavy (non-hydrogen) atoms. The number of hydrogen-bond donors (Lipinski definition) is 0. The molecule has 0 heterocycles. The smallest absolute Gasteiger partial charge is 0.119 e. The van der Waals surface area contributed by atoms with Gasteiger partial charge in [-0.25, -0.2) is 0 Å². The number of quaternary nitrogens is 1. The Bertz CT molecular complexity index is 373. The standard InChI is InChI=1S/C18H32NO/c1-5-6-7-8-9-10-14-19(2,3)16-17-12-11-13-18(15-17)20-4/h11-13,15H,5-10,14,16H2,1-4H3/q+1. The first kappa shape index (κ1) is 17.0. The third kappa shape index (κ3) is 6.95. The third-order valence-electron chi connectivity index (χ3n) is 3.86. The second-order valence-corrected chi connectivity index (χ2v) is 6.44. The molecule has 0 N–H and O–H groups in total. The molecule has 0 radical (unpaired) electrons. The molecule has 0 saturated carbocycles. The fraction of sp³-hybridized carbons (Fsp3) is 0.667. The molecule has 0 aliphatic heterocycles. The van der Waals surface area contributed by atoms with Crippen LogP contribution in [0.1, 0.15) is 51.0 Å². The van der Waals surface area contributed by atoms with Crippen molar-refractivity contribution < 1.29 is 9.22 Å². The first-order chi connectivity index (χ1) is 9.57. The molecule has 0 aliphatic rings. The molecule has 1 rings (SSSR count). The fourth-order valence-electron chi connectivity index (χ4n) is 2.66. The molecule has 0 spiro atoms. The normalized spacial score (nSPS) is 11.6. The van der Waals surface area contributed by atoms with Gasteiger partial charge < -0.3 is 9.22 Å². The fourth-order valence-corrected chi connectivity index (χ4v) is 2.66. The van der Waals surface area contributed by atoms with E-state index in [2.05, 4.69) is 39.2 Å². The lowest BCUT2D eigenvalue weighted by Gasteiger charge is -2.30. The molecule has 0 aliphatic carbocycles. The molecule has 0 amide bonds.